The average Bonchev–Trinajstić information content (AvgIpc) is 2.67. The molecule has 1 atom stereocenters. The van der Waals surface area contributed by atoms with Gasteiger partial charge in [-0.05, 0) is 49.1 Å². The van der Waals surface area contributed by atoms with Gasteiger partial charge >= 0.3 is 0 Å². The number of aromatic nitrogens is 1. The van der Waals surface area contributed by atoms with Crippen LogP contribution in [0.15, 0.2) is 42.6 Å². The molecule has 1 aromatic heterocycles. The highest BCUT2D eigenvalue weighted by Gasteiger charge is 2.32. The Morgan fingerprint density at radius 3 is 2.54 bits per heavy atom. The molecule has 1 aliphatic rings. The van der Waals surface area contributed by atoms with Crippen molar-refractivity contribution in [3.05, 3.63) is 48.2 Å². The first-order valence-electron chi connectivity index (χ1n) is 9.37. The van der Waals surface area contributed by atoms with E-state index in [-0.39, 0.29) is 29.4 Å². The van der Waals surface area contributed by atoms with Crippen molar-refractivity contribution in [3.63, 3.8) is 0 Å². The van der Waals surface area contributed by atoms with Crippen molar-refractivity contribution in [1.29, 1.82) is 0 Å². The third-order valence-corrected chi connectivity index (χ3v) is 5.18. The summed E-state index contributed by atoms with van der Waals surface area (Å²) in [7, 11) is 0. The molecule has 1 aliphatic carbocycles. The Morgan fingerprint density at radius 1 is 1.15 bits per heavy atom. The number of carbonyl (C=O) groups excluding carboxylic acids is 1. The summed E-state index contributed by atoms with van der Waals surface area (Å²) in [5, 5.41) is 19.4. The molecule has 3 rings (SSSR count). The lowest BCUT2D eigenvalue weighted by Gasteiger charge is -2.35. The number of pyridine rings is 1. The Kier molecular flexibility index (Phi) is 5.76. The molecule has 0 spiro atoms. The van der Waals surface area contributed by atoms with Crippen molar-refractivity contribution in [3.8, 4) is 11.5 Å². The van der Waals surface area contributed by atoms with Crippen LogP contribution >= 0.6 is 0 Å². The molecule has 1 unspecified atom stereocenters. The van der Waals surface area contributed by atoms with Crippen LogP contribution in [0.3, 0.4) is 0 Å². The summed E-state index contributed by atoms with van der Waals surface area (Å²) < 4.78 is 0. The van der Waals surface area contributed by atoms with Gasteiger partial charge in [0.25, 0.3) is 0 Å². The summed E-state index contributed by atoms with van der Waals surface area (Å²) in [5.74, 6) is -0.0693. The van der Waals surface area contributed by atoms with Gasteiger partial charge in [-0.15, -0.1) is 0 Å². The van der Waals surface area contributed by atoms with E-state index in [1.807, 2.05) is 30.0 Å². The quantitative estimate of drug-likeness (QED) is 0.783. The molecular weight excluding hydrogens is 328 g/mol. The van der Waals surface area contributed by atoms with Crippen molar-refractivity contribution in [2.45, 2.75) is 57.4 Å². The molecule has 2 aromatic rings. The summed E-state index contributed by atoms with van der Waals surface area (Å²) >= 11 is 0. The first kappa shape index (κ1) is 18.2. The molecule has 0 saturated heterocycles. The molecule has 1 amide bonds. The van der Waals surface area contributed by atoms with Crippen LogP contribution in [0.25, 0.3) is 0 Å². The largest absolute Gasteiger partial charge is 0.504 e. The zero-order valence-electron chi connectivity index (χ0n) is 15.1. The fraction of sp³-hybridized carbons (Fsp3) is 0.429. The monoisotopic (exact) mass is 354 g/mol. The third kappa shape index (κ3) is 3.82. The van der Waals surface area contributed by atoms with Crippen LogP contribution in [0.5, 0.6) is 11.5 Å². The Hall–Kier alpha value is -2.56. The fourth-order valence-corrected chi connectivity index (χ4v) is 3.79. The van der Waals surface area contributed by atoms with E-state index in [4.69, 9.17) is 0 Å². The van der Waals surface area contributed by atoms with Gasteiger partial charge in [-0.2, -0.15) is 0 Å². The number of amides is 1. The predicted molar refractivity (Wildman–Crippen MR) is 101 cm³/mol. The van der Waals surface area contributed by atoms with E-state index in [1.54, 1.807) is 12.3 Å². The molecule has 1 saturated carbocycles. The van der Waals surface area contributed by atoms with Crippen LogP contribution in [-0.4, -0.2) is 27.1 Å². The molecule has 1 heterocycles. The molecule has 1 aromatic carbocycles. The lowest BCUT2D eigenvalue weighted by Crippen LogP contribution is -2.44. The van der Waals surface area contributed by atoms with E-state index in [9.17, 15) is 15.0 Å². The predicted octanol–water partition coefficient (Wildman–Crippen LogP) is 4.35. The SMILES string of the molecule is CCC(C(=O)N(c1ccccn1)C1CCCCC1)c1ccc(O)c(O)c1. The van der Waals surface area contributed by atoms with Crippen molar-refractivity contribution < 1.29 is 15.0 Å². The number of hydrogen-bond donors (Lipinski definition) is 2. The van der Waals surface area contributed by atoms with Gasteiger partial charge in [0, 0.05) is 12.2 Å². The van der Waals surface area contributed by atoms with E-state index in [2.05, 4.69) is 4.98 Å². The normalized spacial score (nSPS) is 16.2. The smallest absolute Gasteiger partial charge is 0.235 e. The molecule has 1 fully saturated rings. The highest BCUT2D eigenvalue weighted by molar-refractivity contribution is 5.98. The Morgan fingerprint density at radius 2 is 1.92 bits per heavy atom. The highest BCUT2D eigenvalue weighted by atomic mass is 16.3. The van der Waals surface area contributed by atoms with Crippen LogP contribution in [0.2, 0.25) is 0 Å². The standard InChI is InChI=1S/C21H26N2O3/c1-2-17(15-11-12-18(24)19(25)14-15)21(26)23(16-8-4-3-5-9-16)20-10-6-7-13-22-20/h6-7,10-14,16-17,24-25H,2-5,8-9H2,1H3. The van der Waals surface area contributed by atoms with Crippen molar-refractivity contribution in [1.82, 2.24) is 4.98 Å². The van der Waals surface area contributed by atoms with Crippen LogP contribution < -0.4 is 4.90 Å². The van der Waals surface area contributed by atoms with E-state index in [0.717, 1.165) is 25.7 Å². The Bertz CT molecular complexity index is 742. The maximum Gasteiger partial charge on any atom is 0.235 e. The van der Waals surface area contributed by atoms with E-state index in [0.29, 0.717) is 17.8 Å². The second-order valence-electron chi connectivity index (χ2n) is 6.90. The lowest BCUT2D eigenvalue weighted by atomic mass is 9.90. The summed E-state index contributed by atoms with van der Waals surface area (Å²) in [6.07, 6.45) is 7.75. The third-order valence-electron chi connectivity index (χ3n) is 5.18. The first-order chi connectivity index (χ1) is 12.6. The number of anilines is 1. The minimum Gasteiger partial charge on any atom is -0.504 e. The van der Waals surface area contributed by atoms with Crippen LogP contribution in [0, 0.1) is 0 Å². The van der Waals surface area contributed by atoms with Gasteiger partial charge in [0.1, 0.15) is 5.82 Å². The summed E-state index contributed by atoms with van der Waals surface area (Å²) in [4.78, 5) is 19.8. The topological polar surface area (TPSA) is 73.7 Å². The molecule has 0 bridgehead atoms. The Balaban J connectivity index is 1.95. The summed E-state index contributed by atoms with van der Waals surface area (Å²) in [5.41, 5.74) is 0.713. The maximum atomic E-state index is 13.5. The van der Waals surface area contributed by atoms with Gasteiger partial charge in [0.2, 0.25) is 5.91 Å². The molecule has 5 heteroatoms. The van der Waals surface area contributed by atoms with Gasteiger partial charge in [-0.25, -0.2) is 4.98 Å². The number of benzene rings is 1. The molecule has 26 heavy (non-hydrogen) atoms. The van der Waals surface area contributed by atoms with E-state index < -0.39 is 0 Å². The minimum absolute atomic E-state index is 0.00295. The molecule has 5 nitrogen and oxygen atoms in total. The second-order valence-corrected chi connectivity index (χ2v) is 6.90. The number of rotatable bonds is 5. The molecule has 0 radical (unpaired) electrons. The van der Waals surface area contributed by atoms with E-state index >= 15 is 0 Å². The van der Waals surface area contributed by atoms with Gasteiger partial charge in [-0.3, -0.25) is 9.69 Å². The second kappa shape index (κ2) is 8.21. The zero-order chi connectivity index (χ0) is 18.5. The van der Waals surface area contributed by atoms with Crippen molar-refractivity contribution >= 4 is 11.7 Å². The van der Waals surface area contributed by atoms with Crippen molar-refractivity contribution in [2.75, 3.05) is 4.90 Å². The van der Waals surface area contributed by atoms with Crippen LogP contribution in [0.1, 0.15) is 56.9 Å². The highest BCUT2D eigenvalue weighted by Crippen LogP contribution is 2.34. The summed E-state index contributed by atoms with van der Waals surface area (Å²) in [6, 6.07) is 10.4. The van der Waals surface area contributed by atoms with Crippen LogP contribution in [-0.2, 0) is 4.79 Å². The fourth-order valence-electron chi connectivity index (χ4n) is 3.79. The lowest BCUT2D eigenvalue weighted by molar-refractivity contribution is -0.120. The van der Waals surface area contributed by atoms with Gasteiger partial charge in [0.15, 0.2) is 11.5 Å². The van der Waals surface area contributed by atoms with Crippen LogP contribution in [0.4, 0.5) is 5.82 Å². The number of hydrogen-bond acceptors (Lipinski definition) is 4. The zero-order valence-corrected chi connectivity index (χ0v) is 15.1. The number of nitrogens with zero attached hydrogens (tertiary/aromatic N) is 2. The van der Waals surface area contributed by atoms with E-state index in [1.165, 1.54) is 18.6 Å². The van der Waals surface area contributed by atoms with Gasteiger partial charge < -0.3 is 10.2 Å². The molecule has 138 valence electrons. The Labute approximate surface area is 154 Å². The average molecular weight is 354 g/mol. The molecule has 0 aliphatic heterocycles. The number of phenolic OH excluding ortho intramolecular Hbond substituents is 2. The molecular formula is C21H26N2O3. The van der Waals surface area contributed by atoms with Gasteiger partial charge in [-0.1, -0.05) is 38.3 Å². The number of phenols is 2. The number of carbonyl (C=O) groups is 1. The summed E-state index contributed by atoms with van der Waals surface area (Å²) in [6.45, 7) is 1.96. The molecule has 2 N–H and O–H groups in total. The maximum absolute atomic E-state index is 13.5. The first-order valence-corrected chi connectivity index (χ1v) is 9.37. The van der Waals surface area contributed by atoms with Crippen molar-refractivity contribution in [2.24, 2.45) is 0 Å². The minimum atomic E-state index is -0.384. The number of aromatic hydroxyl groups is 2. The van der Waals surface area contributed by atoms with Gasteiger partial charge in [0.05, 0.1) is 5.92 Å².